The summed E-state index contributed by atoms with van der Waals surface area (Å²) in [5, 5.41) is 16.2. The van der Waals surface area contributed by atoms with E-state index in [9.17, 15) is 27.6 Å². The summed E-state index contributed by atoms with van der Waals surface area (Å²) in [6.07, 6.45) is -1.78. The van der Waals surface area contributed by atoms with Crippen LogP contribution in [0.25, 0.3) is 0 Å². The van der Waals surface area contributed by atoms with Gasteiger partial charge in [-0.25, -0.2) is 4.79 Å². The molecule has 200 valence electrons. The predicted octanol–water partition coefficient (Wildman–Crippen LogP) is 1.59. The summed E-state index contributed by atoms with van der Waals surface area (Å²) in [7, 11) is 1.63. The number of nitrogens with zero attached hydrogens (tertiary/aromatic N) is 3. The number of carboxylic acid groups (broad SMARTS) is 2. The summed E-state index contributed by atoms with van der Waals surface area (Å²) in [6, 6.07) is 4.93. The van der Waals surface area contributed by atoms with E-state index >= 15 is 0 Å². The Labute approximate surface area is 205 Å². The van der Waals surface area contributed by atoms with Gasteiger partial charge in [-0.1, -0.05) is 12.5 Å². The molecule has 1 aliphatic rings. The number of nitrogens with two attached hydrogens (primary N) is 2. The van der Waals surface area contributed by atoms with Gasteiger partial charge in [-0.2, -0.15) is 13.2 Å². The first-order valence-electron chi connectivity index (χ1n) is 10.9. The number of fused-ring (bicyclic) bond motifs is 1. The number of halogens is 3. The Bertz CT molecular complexity index is 995. The van der Waals surface area contributed by atoms with Crippen LogP contribution in [0.3, 0.4) is 0 Å². The Balaban J connectivity index is 0.000000809. The van der Waals surface area contributed by atoms with Gasteiger partial charge in [-0.3, -0.25) is 19.4 Å². The number of alkyl halides is 3. The van der Waals surface area contributed by atoms with Crippen LogP contribution in [0.15, 0.2) is 23.2 Å². The molecule has 1 unspecified atom stereocenters. The Hall–Kier alpha value is -3.84. The molecule has 0 aromatic heterocycles. The van der Waals surface area contributed by atoms with Crippen LogP contribution in [0.5, 0.6) is 0 Å². The number of amides is 2. The Morgan fingerprint density at radius 3 is 2.28 bits per heavy atom. The summed E-state index contributed by atoms with van der Waals surface area (Å²) in [6.45, 7) is 2.09. The van der Waals surface area contributed by atoms with Crippen LogP contribution < -0.4 is 16.4 Å². The lowest BCUT2D eigenvalue weighted by atomic mass is 10.0. The minimum atomic E-state index is -5.08. The topological polar surface area (TPSA) is 180 Å². The van der Waals surface area contributed by atoms with Crippen molar-refractivity contribution in [3.8, 4) is 0 Å². The van der Waals surface area contributed by atoms with Crippen LogP contribution in [0, 0.1) is 0 Å². The molecule has 0 bridgehead atoms. The molecule has 2 amide bonds. The Morgan fingerprint density at radius 1 is 1.14 bits per heavy atom. The summed E-state index contributed by atoms with van der Waals surface area (Å²) < 4.78 is 31.7. The third kappa shape index (κ3) is 9.43. The SMILES string of the molecule is CC(CC(=O)O)N1CC(=O)N(C)c2ccc(CCCCCN=C(N)N)cc2C1=O.O=C(O)C(F)(F)F. The molecule has 1 atom stereocenters. The molecule has 2 rings (SSSR count). The maximum Gasteiger partial charge on any atom is 0.490 e. The number of hydrogen-bond acceptors (Lipinski definition) is 5. The Morgan fingerprint density at radius 2 is 1.75 bits per heavy atom. The first-order chi connectivity index (χ1) is 16.6. The summed E-state index contributed by atoms with van der Waals surface area (Å²) in [5.74, 6) is -4.24. The number of benzene rings is 1. The van der Waals surface area contributed by atoms with Gasteiger partial charge < -0.3 is 31.5 Å². The molecule has 1 heterocycles. The van der Waals surface area contributed by atoms with Crippen molar-refractivity contribution < 1.29 is 42.6 Å². The van der Waals surface area contributed by atoms with Gasteiger partial charge in [-0.05, 0) is 43.9 Å². The van der Waals surface area contributed by atoms with Crippen molar-refractivity contribution in [3.63, 3.8) is 0 Å². The monoisotopic (exact) mass is 517 g/mol. The largest absolute Gasteiger partial charge is 0.490 e. The zero-order chi connectivity index (χ0) is 27.6. The second-order valence-corrected chi connectivity index (χ2v) is 8.10. The number of carbonyl (C=O) groups is 4. The minimum absolute atomic E-state index is 0.0922. The second kappa shape index (κ2) is 13.3. The van der Waals surface area contributed by atoms with E-state index in [1.54, 1.807) is 20.0 Å². The number of likely N-dealkylation sites (N-methyl/N-ethyl adjacent to an activating group) is 1. The average Bonchev–Trinajstić information content (AvgIpc) is 2.85. The first-order valence-corrected chi connectivity index (χ1v) is 10.9. The van der Waals surface area contributed by atoms with Crippen LogP contribution in [0.4, 0.5) is 18.9 Å². The quantitative estimate of drug-likeness (QED) is 0.216. The third-order valence-corrected chi connectivity index (χ3v) is 5.26. The lowest BCUT2D eigenvalue weighted by Crippen LogP contribution is -2.43. The van der Waals surface area contributed by atoms with E-state index in [0.717, 1.165) is 31.2 Å². The van der Waals surface area contributed by atoms with Gasteiger partial charge in [0.2, 0.25) is 5.91 Å². The molecule has 1 aliphatic heterocycles. The van der Waals surface area contributed by atoms with E-state index in [1.807, 2.05) is 12.1 Å². The second-order valence-electron chi connectivity index (χ2n) is 8.10. The van der Waals surface area contributed by atoms with Crippen molar-refractivity contribution in [1.82, 2.24) is 4.90 Å². The van der Waals surface area contributed by atoms with Gasteiger partial charge in [0.25, 0.3) is 5.91 Å². The maximum absolute atomic E-state index is 13.1. The standard InChI is InChI=1S/C20H29N5O4.C2HF3O2/c1-13(10-18(27)28)25-12-17(26)24(2)16-8-7-14(11-15(16)19(25)29)6-4-3-5-9-23-20(21)22;3-2(4,5)1(6)7/h7-8,11,13H,3-6,9-10,12H2,1-2H3,(H,27,28)(H4,21,22,23);(H,6,7). The fourth-order valence-electron chi connectivity index (χ4n) is 3.36. The molecule has 36 heavy (non-hydrogen) atoms. The lowest BCUT2D eigenvalue weighted by molar-refractivity contribution is -0.192. The van der Waals surface area contributed by atoms with Crippen LogP contribution in [0.2, 0.25) is 0 Å². The molecule has 1 aromatic carbocycles. The number of carbonyl (C=O) groups excluding carboxylic acids is 2. The van der Waals surface area contributed by atoms with Crippen LogP contribution in [0.1, 0.15) is 48.5 Å². The summed E-state index contributed by atoms with van der Waals surface area (Å²) >= 11 is 0. The molecule has 0 saturated heterocycles. The zero-order valence-corrected chi connectivity index (χ0v) is 19.9. The number of aliphatic imine (C=N–C) groups is 1. The van der Waals surface area contributed by atoms with Crippen LogP contribution in [-0.2, 0) is 20.8 Å². The normalized spacial score (nSPS) is 14.2. The van der Waals surface area contributed by atoms with E-state index in [2.05, 4.69) is 4.99 Å². The van der Waals surface area contributed by atoms with Gasteiger partial charge in [0, 0.05) is 19.6 Å². The van der Waals surface area contributed by atoms with Gasteiger partial charge in [0.15, 0.2) is 5.96 Å². The molecule has 0 spiro atoms. The fraction of sp³-hybridized carbons (Fsp3) is 0.500. The third-order valence-electron chi connectivity index (χ3n) is 5.26. The molecule has 14 heteroatoms. The first kappa shape index (κ1) is 30.2. The number of carboxylic acids is 2. The van der Waals surface area contributed by atoms with E-state index in [4.69, 9.17) is 26.5 Å². The number of aliphatic carboxylic acids is 2. The molecule has 0 radical (unpaired) electrons. The number of aryl methyl sites for hydroxylation is 1. The van der Waals surface area contributed by atoms with Crippen molar-refractivity contribution in [2.45, 2.75) is 51.2 Å². The summed E-state index contributed by atoms with van der Waals surface area (Å²) in [4.78, 5) is 52.3. The van der Waals surface area contributed by atoms with Crippen molar-refractivity contribution in [3.05, 3.63) is 29.3 Å². The zero-order valence-electron chi connectivity index (χ0n) is 19.9. The summed E-state index contributed by atoms with van der Waals surface area (Å²) in [5.41, 5.74) is 12.6. The van der Waals surface area contributed by atoms with Gasteiger partial charge in [-0.15, -0.1) is 0 Å². The van der Waals surface area contributed by atoms with E-state index in [-0.39, 0.29) is 30.7 Å². The van der Waals surface area contributed by atoms with E-state index < -0.39 is 24.2 Å². The number of unbranched alkanes of at least 4 members (excludes halogenated alkanes) is 2. The van der Waals surface area contributed by atoms with E-state index in [1.165, 1.54) is 9.80 Å². The Kier molecular flexibility index (Phi) is 11.2. The number of anilines is 1. The molecule has 0 saturated carbocycles. The maximum atomic E-state index is 13.1. The molecular formula is C22H30F3N5O6. The number of rotatable bonds is 9. The highest BCUT2D eigenvalue weighted by Gasteiger charge is 2.38. The lowest BCUT2D eigenvalue weighted by Gasteiger charge is -2.26. The molecule has 6 N–H and O–H groups in total. The molecule has 1 aromatic rings. The highest BCUT2D eigenvalue weighted by atomic mass is 19.4. The average molecular weight is 518 g/mol. The van der Waals surface area contributed by atoms with Crippen LogP contribution in [-0.4, -0.2) is 77.2 Å². The van der Waals surface area contributed by atoms with Gasteiger partial charge >= 0.3 is 18.1 Å². The van der Waals surface area contributed by atoms with Crippen molar-refractivity contribution in [2.75, 3.05) is 25.0 Å². The van der Waals surface area contributed by atoms with Crippen molar-refractivity contribution in [1.29, 1.82) is 0 Å². The van der Waals surface area contributed by atoms with Gasteiger partial charge in [0.05, 0.1) is 17.7 Å². The highest BCUT2D eigenvalue weighted by molar-refractivity contribution is 6.09. The van der Waals surface area contributed by atoms with Crippen molar-refractivity contribution in [2.24, 2.45) is 16.5 Å². The number of hydrogen-bond donors (Lipinski definition) is 4. The molecular weight excluding hydrogens is 487 g/mol. The fourth-order valence-corrected chi connectivity index (χ4v) is 3.36. The van der Waals surface area contributed by atoms with Crippen LogP contribution >= 0.6 is 0 Å². The molecule has 11 nitrogen and oxygen atoms in total. The highest BCUT2D eigenvalue weighted by Crippen LogP contribution is 2.28. The van der Waals surface area contributed by atoms with Gasteiger partial charge in [0.1, 0.15) is 6.54 Å². The predicted molar refractivity (Wildman–Crippen MR) is 125 cm³/mol. The molecule has 0 fully saturated rings. The van der Waals surface area contributed by atoms with E-state index in [0.29, 0.717) is 17.8 Å². The van der Waals surface area contributed by atoms with Crippen molar-refractivity contribution >= 4 is 35.4 Å². The molecule has 0 aliphatic carbocycles. The minimum Gasteiger partial charge on any atom is -0.481 e. The number of guanidine groups is 1. The smallest absolute Gasteiger partial charge is 0.481 e.